The van der Waals surface area contributed by atoms with E-state index in [4.69, 9.17) is 4.74 Å². The third kappa shape index (κ3) is 3.14. The minimum absolute atomic E-state index is 0.134. The predicted octanol–water partition coefficient (Wildman–Crippen LogP) is 5.11. The van der Waals surface area contributed by atoms with Gasteiger partial charge in [-0.25, -0.2) is 9.18 Å². The molecule has 0 heterocycles. The summed E-state index contributed by atoms with van der Waals surface area (Å²) in [5.41, 5.74) is 0.436. The van der Waals surface area contributed by atoms with E-state index >= 15 is 0 Å². The normalized spacial score (nSPS) is 46.2. The molecule has 29 heavy (non-hydrogen) atoms. The maximum atomic E-state index is 14.1. The molecule has 4 aliphatic rings. The topological polar surface area (TPSA) is 49.8 Å². The molecule has 4 nitrogen and oxygen atoms in total. The summed E-state index contributed by atoms with van der Waals surface area (Å²) in [6.07, 6.45) is 8.42. The van der Waals surface area contributed by atoms with Gasteiger partial charge in [-0.2, -0.15) is 0 Å². The van der Waals surface area contributed by atoms with Gasteiger partial charge >= 0.3 is 6.09 Å². The van der Waals surface area contributed by atoms with Crippen LogP contribution in [-0.4, -0.2) is 48.1 Å². The van der Waals surface area contributed by atoms with Crippen molar-refractivity contribution in [3.63, 3.8) is 0 Å². The van der Waals surface area contributed by atoms with Gasteiger partial charge in [0.1, 0.15) is 6.17 Å². The van der Waals surface area contributed by atoms with Crippen molar-refractivity contribution in [2.24, 2.45) is 28.6 Å². The first-order chi connectivity index (χ1) is 13.6. The van der Waals surface area contributed by atoms with Crippen molar-refractivity contribution in [3.05, 3.63) is 11.6 Å². The number of hydrogen-bond acceptors (Lipinski definition) is 3. The number of nitrogens with zero attached hydrogens (tertiary/aromatic N) is 1. The standard InChI is InChI=1S/C24H38FNO3/c1-5-29-21(27)26(4)15-24(28)13-10-20-18-7-6-16-14-17(25)8-11-22(16,2)19(18)9-12-23(20,24)3/h6,17-20,28H,5,7-15H2,1-4H3/t17-,18+,19-,20-,22-,23-,24+/m0/s1. The molecule has 3 saturated carbocycles. The van der Waals surface area contributed by atoms with Gasteiger partial charge in [0.15, 0.2) is 0 Å². The number of aliphatic hydroxyl groups is 1. The number of halogens is 1. The first-order valence-corrected chi connectivity index (χ1v) is 11.6. The number of hydrogen-bond donors (Lipinski definition) is 1. The molecule has 4 rings (SSSR count). The van der Waals surface area contributed by atoms with Crippen LogP contribution in [0.15, 0.2) is 11.6 Å². The fourth-order valence-corrected chi connectivity index (χ4v) is 7.68. The van der Waals surface area contributed by atoms with E-state index in [1.165, 1.54) is 5.57 Å². The van der Waals surface area contributed by atoms with E-state index in [-0.39, 0.29) is 16.9 Å². The first-order valence-electron chi connectivity index (χ1n) is 11.6. The number of fused-ring (bicyclic) bond motifs is 5. The number of amides is 1. The number of likely N-dealkylation sites (N-methyl/N-ethyl adjacent to an activating group) is 1. The van der Waals surface area contributed by atoms with Crippen LogP contribution in [0.2, 0.25) is 0 Å². The highest BCUT2D eigenvalue weighted by Crippen LogP contribution is 2.67. The molecule has 0 aromatic carbocycles. The third-order valence-electron chi connectivity index (χ3n) is 9.44. The number of carbonyl (C=O) groups excluding carboxylic acids is 1. The SMILES string of the molecule is CCOC(=O)N(C)C[C@]1(O)CC[C@H]2[C@@H]3CC=C4C[C@@H](F)CC[C@]4(C)[C@H]3CC[C@@]21C. The van der Waals surface area contributed by atoms with Crippen LogP contribution < -0.4 is 0 Å². The maximum Gasteiger partial charge on any atom is 0.409 e. The van der Waals surface area contributed by atoms with Crippen LogP contribution in [0.1, 0.15) is 72.1 Å². The van der Waals surface area contributed by atoms with E-state index in [0.29, 0.717) is 43.7 Å². The summed E-state index contributed by atoms with van der Waals surface area (Å²) < 4.78 is 19.2. The molecule has 0 aliphatic heterocycles. The zero-order valence-electron chi connectivity index (χ0n) is 18.5. The fraction of sp³-hybridized carbons (Fsp3) is 0.875. The molecule has 4 aliphatic carbocycles. The fourth-order valence-electron chi connectivity index (χ4n) is 7.68. The van der Waals surface area contributed by atoms with E-state index in [9.17, 15) is 14.3 Å². The second-order valence-electron chi connectivity index (χ2n) is 10.7. The number of rotatable bonds is 3. The smallest absolute Gasteiger partial charge is 0.409 e. The highest BCUT2D eigenvalue weighted by Gasteiger charge is 2.64. The number of alkyl halides is 1. The quantitative estimate of drug-likeness (QED) is 0.662. The van der Waals surface area contributed by atoms with Gasteiger partial charge in [0.2, 0.25) is 0 Å². The van der Waals surface area contributed by atoms with Gasteiger partial charge in [-0.15, -0.1) is 0 Å². The highest BCUT2D eigenvalue weighted by atomic mass is 19.1. The van der Waals surface area contributed by atoms with Gasteiger partial charge in [-0.1, -0.05) is 25.5 Å². The van der Waals surface area contributed by atoms with Gasteiger partial charge in [0.05, 0.1) is 18.8 Å². The number of carbonyl (C=O) groups is 1. The molecule has 7 atom stereocenters. The van der Waals surface area contributed by atoms with Gasteiger partial charge in [-0.3, -0.25) is 0 Å². The van der Waals surface area contributed by atoms with Crippen LogP contribution in [0, 0.1) is 28.6 Å². The van der Waals surface area contributed by atoms with Gasteiger partial charge in [0, 0.05) is 18.9 Å². The van der Waals surface area contributed by atoms with Crippen LogP contribution in [0.5, 0.6) is 0 Å². The van der Waals surface area contributed by atoms with Crippen molar-refractivity contribution in [1.29, 1.82) is 0 Å². The molecular formula is C24H38FNO3. The lowest BCUT2D eigenvalue weighted by Gasteiger charge is -2.59. The lowest BCUT2D eigenvalue weighted by atomic mass is 9.47. The van der Waals surface area contributed by atoms with Crippen molar-refractivity contribution in [2.75, 3.05) is 20.2 Å². The molecule has 1 amide bonds. The lowest BCUT2D eigenvalue weighted by molar-refractivity contribution is -0.130. The van der Waals surface area contributed by atoms with E-state index < -0.39 is 11.8 Å². The second kappa shape index (κ2) is 7.25. The Morgan fingerprint density at radius 3 is 2.69 bits per heavy atom. The number of ether oxygens (including phenoxy) is 1. The van der Waals surface area contributed by atoms with Crippen molar-refractivity contribution >= 4 is 6.09 Å². The molecule has 0 aromatic rings. The van der Waals surface area contributed by atoms with Crippen LogP contribution in [0.25, 0.3) is 0 Å². The minimum Gasteiger partial charge on any atom is -0.450 e. The lowest BCUT2D eigenvalue weighted by Crippen LogP contribution is -2.58. The van der Waals surface area contributed by atoms with Crippen LogP contribution in [0.3, 0.4) is 0 Å². The summed E-state index contributed by atoms with van der Waals surface area (Å²) >= 11 is 0. The predicted molar refractivity (Wildman–Crippen MR) is 111 cm³/mol. The molecule has 164 valence electrons. The van der Waals surface area contributed by atoms with Gasteiger partial charge in [-0.05, 0) is 75.0 Å². The van der Waals surface area contributed by atoms with Crippen molar-refractivity contribution in [3.8, 4) is 0 Å². The van der Waals surface area contributed by atoms with E-state index in [1.807, 2.05) is 0 Å². The molecule has 0 unspecified atom stereocenters. The zero-order valence-corrected chi connectivity index (χ0v) is 18.5. The van der Waals surface area contributed by atoms with Crippen LogP contribution in [-0.2, 0) is 4.74 Å². The Balaban J connectivity index is 1.56. The summed E-state index contributed by atoms with van der Waals surface area (Å²) in [7, 11) is 1.73. The van der Waals surface area contributed by atoms with Gasteiger partial charge in [0.25, 0.3) is 0 Å². The Morgan fingerprint density at radius 1 is 1.24 bits per heavy atom. The summed E-state index contributed by atoms with van der Waals surface area (Å²) in [4.78, 5) is 13.7. The molecule has 0 bridgehead atoms. The van der Waals surface area contributed by atoms with E-state index in [2.05, 4.69) is 19.9 Å². The van der Waals surface area contributed by atoms with E-state index in [1.54, 1.807) is 18.9 Å². The Hall–Kier alpha value is -1.10. The average Bonchev–Trinajstić information content (AvgIpc) is 2.93. The van der Waals surface area contributed by atoms with Crippen LogP contribution >= 0.6 is 0 Å². The molecule has 0 saturated heterocycles. The Kier molecular flexibility index (Phi) is 5.28. The molecule has 0 aromatic heterocycles. The van der Waals surface area contributed by atoms with Crippen molar-refractivity contribution < 1.29 is 19.0 Å². The maximum absolute atomic E-state index is 14.1. The van der Waals surface area contributed by atoms with Crippen molar-refractivity contribution in [1.82, 2.24) is 4.90 Å². The Labute approximate surface area is 174 Å². The second-order valence-corrected chi connectivity index (χ2v) is 10.7. The first kappa shape index (κ1) is 21.1. The van der Waals surface area contributed by atoms with E-state index in [0.717, 1.165) is 38.5 Å². The Bertz CT molecular complexity index is 696. The average molecular weight is 408 g/mol. The van der Waals surface area contributed by atoms with Crippen molar-refractivity contribution in [2.45, 2.75) is 83.9 Å². The Morgan fingerprint density at radius 2 is 1.97 bits per heavy atom. The summed E-state index contributed by atoms with van der Waals surface area (Å²) in [5, 5.41) is 11.7. The monoisotopic (exact) mass is 407 g/mol. The third-order valence-corrected chi connectivity index (χ3v) is 9.44. The molecular weight excluding hydrogens is 369 g/mol. The largest absolute Gasteiger partial charge is 0.450 e. The molecule has 3 fully saturated rings. The molecule has 1 N–H and O–H groups in total. The molecule has 0 spiro atoms. The van der Waals surface area contributed by atoms with Crippen LogP contribution in [0.4, 0.5) is 9.18 Å². The molecule has 5 heteroatoms. The van der Waals surface area contributed by atoms with Gasteiger partial charge < -0.3 is 14.7 Å². The summed E-state index contributed by atoms with van der Waals surface area (Å²) in [5.74, 6) is 1.61. The molecule has 0 radical (unpaired) electrons. The highest BCUT2D eigenvalue weighted by molar-refractivity contribution is 5.67. The summed E-state index contributed by atoms with van der Waals surface area (Å²) in [6.45, 7) is 7.10. The summed E-state index contributed by atoms with van der Waals surface area (Å²) in [6, 6.07) is 0. The minimum atomic E-state index is -0.869. The number of allylic oxidation sites excluding steroid dienone is 2. The zero-order chi connectivity index (χ0) is 21.0.